The standard InChI is InChI=1S/C14H25NO/c1-4-10-13(15-5-2)14(16-6-3)11-8-7-9-12-14/h1,13,15H,5-12H2,2-3H3. The molecule has 1 unspecified atom stereocenters. The maximum absolute atomic E-state index is 6.08. The van der Waals surface area contributed by atoms with Crippen LogP contribution < -0.4 is 5.32 Å². The summed E-state index contributed by atoms with van der Waals surface area (Å²) in [6.07, 6.45) is 12.4. The second-order valence-electron chi connectivity index (χ2n) is 4.58. The van der Waals surface area contributed by atoms with Gasteiger partial charge in [-0.1, -0.05) is 26.2 Å². The van der Waals surface area contributed by atoms with Crippen LogP contribution in [0.3, 0.4) is 0 Å². The fourth-order valence-electron chi connectivity index (χ4n) is 2.84. The van der Waals surface area contributed by atoms with Gasteiger partial charge in [-0.05, 0) is 26.3 Å². The van der Waals surface area contributed by atoms with Crippen molar-refractivity contribution in [2.45, 2.75) is 64.0 Å². The zero-order chi connectivity index (χ0) is 11.9. The number of rotatable bonds is 6. The molecular weight excluding hydrogens is 198 g/mol. The Morgan fingerprint density at radius 3 is 2.50 bits per heavy atom. The fourth-order valence-corrected chi connectivity index (χ4v) is 2.84. The van der Waals surface area contributed by atoms with Crippen LogP contribution in [-0.4, -0.2) is 24.8 Å². The first-order valence-corrected chi connectivity index (χ1v) is 6.60. The van der Waals surface area contributed by atoms with Gasteiger partial charge < -0.3 is 10.1 Å². The van der Waals surface area contributed by atoms with E-state index in [2.05, 4.69) is 25.1 Å². The summed E-state index contributed by atoms with van der Waals surface area (Å²) in [6, 6.07) is 0.322. The van der Waals surface area contributed by atoms with Gasteiger partial charge in [0.2, 0.25) is 0 Å². The van der Waals surface area contributed by atoms with E-state index >= 15 is 0 Å². The molecular formula is C14H25NO. The summed E-state index contributed by atoms with van der Waals surface area (Å²) in [7, 11) is 0. The van der Waals surface area contributed by atoms with Crippen LogP contribution in [0, 0.1) is 12.3 Å². The SMILES string of the molecule is C#CCC(NCC)C1(OCC)CCCCC1. The monoisotopic (exact) mass is 223 g/mol. The lowest BCUT2D eigenvalue weighted by atomic mass is 9.78. The Kier molecular flexibility index (Phi) is 5.87. The lowest BCUT2D eigenvalue weighted by Crippen LogP contribution is -2.53. The normalized spacial score (nSPS) is 21.3. The average molecular weight is 223 g/mol. The number of ether oxygens (including phenoxy) is 1. The van der Waals surface area contributed by atoms with Gasteiger partial charge in [0.1, 0.15) is 0 Å². The molecule has 1 rings (SSSR count). The van der Waals surface area contributed by atoms with E-state index in [0.29, 0.717) is 6.04 Å². The highest BCUT2D eigenvalue weighted by molar-refractivity contribution is 5.02. The highest BCUT2D eigenvalue weighted by Gasteiger charge is 2.39. The van der Waals surface area contributed by atoms with Crippen molar-refractivity contribution in [3.8, 4) is 12.3 Å². The molecule has 1 fully saturated rings. The average Bonchev–Trinajstić information content (AvgIpc) is 2.30. The highest BCUT2D eigenvalue weighted by Crippen LogP contribution is 2.35. The second kappa shape index (κ2) is 6.93. The van der Waals surface area contributed by atoms with Crippen molar-refractivity contribution in [3.63, 3.8) is 0 Å². The molecule has 92 valence electrons. The minimum Gasteiger partial charge on any atom is -0.374 e. The van der Waals surface area contributed by atoms with Crippen LogP contribution in [0.15, 0.2) is 0 Å². The lowest BCUT2D eigenvalue weighted by molar-refractivity contribution is -0.0885. The van der Waals surface area contributed by atoms with Crippen molar-refractivity contribution in [1.29, 1.82) is 0 Å². The summed E-state index contributed by atoms with van der Waals surface area (Å²) < 4.78 is 6.08. The summed E-state index contributed by atoms with van der Waals surface area (Å²) >= 11 is 0. The predicted molar refractivity (Wildman–Crippen MR) is 68.4 cm³/mol. The largest absolute Gasteiger partial charge is 0.374 e. The van der Waals surface area contributed by atoms with Crippen molar-refractivity contribution in [2.75, 3.05) is 13.2 Å². The van der Waals surface area contributed by atoms with Gasteiger partial charge in [0.05, 0.1) is 5.60 Å². The van der Waals surface area contributed by atoms with E-state index in [1.807, 2.05) is 0 Å². The quantitative estimate of drug-likeness (QED) is 0.699. The Labute approximate surface area is 100 Å². The first-order chi connectivity index (χ1) is 7.79. The number of hydrogen-bond acceptors (Lipinski definition) is 2. The third kappa shape index (κ3) is 3.23. The molecule has 1 saturated carbocycles. The molecule has 1 aliphatic rings. The second-order valence-corrected chi connectivity index (χ2v) is 4.58. The smallest absolute Gasteiger partial charge is 0.0843 e. The highest BCUT2D eigenvalue weighted by atomic mass is 16.5. The van der Waals surface area contributed by atoms with Gasteiger partial charge >= 0.3 is 0 Å². The predicted octanol–water partition coefficient (Wildman–Crippen LogP) is 2.73. The number of hydrogen-bond donors (Lipinski definition) is 1. The molecule has 0 amide bonds. The Morgan fingerprint density at radius 2 is 2.00 bits per heavy atom. The molecule has 1 aliphatic carbocycles. The molecule has 16 heavy (non-hydrogen) atoms. The van der Waals surface area contributed by atoms with Gasteiger partial charge in [-0.2, -0.15) is 0 Å². The Balaban J connectivity index is 2.74. The summed E-state index contributed by atoms with van der Waals surface area (Å²) in [5.41, 5.74) is -0.00458. The molecule has 1 atom stereocenters. The Bertz CT molecular complexity index is 220. The molecule has 0 aromatic rings. The van der Waals surface area contributed by atoms with E-state index in [0.717, 1.165) is 32.4 Å². The number of nitrogens with one attached hydrogen (secondary N) is 1. The van der Waals surface area contributed by atoms with Crippen LogP contribution in [0.4, 0.5) is 0 Å². The Hall–Kier alpha value is -0.520. The molecule has 0 heterocycles. The number of terminal acetylenes is 1. The van der Waals surface area contributed by atoms with Crippen molar-refractivity contribution in [1.82, 2.24) is 5.32 Å². The first kappa shape index (κ1) is 13.5. The third-order valence-electron chi connectivity index (χ3n) is 3.54. The van der Waals surface area contributed by atoms with Crippen molar-refractivity contribution >= 4 is 0 Å². The Morgan fingerprint density at radius 1 is 1.31 bits per heavy atom. The van der Waals surface area contributed by atoms with Crippen LogP contribution in [0.1, 0.15) is 52.4 Å². The van der Waals surface area contributed by atoms with Gasteiger partial charge in [-0.25, -0.2) is 0 Å². The maximum atomic E-state index is 6.08. The van der Waals surface area contributed by atoms with Crippen LogP contribution >= 0.6 is 0 Å². The lowest BCUT2D eigenvalue weighted by Gasteiger charge is -2.43. The zero-order valence-corrected chi connectivity index (χ0v) is 10.7. The van der Waals surface area contributed by atoms with Crippen LogP contribution in [0.5, 0.6) is 0 Å². The van der Waals surface area contributed by atoms with E-state index in [4.69, 9.17) is 11.2 Å². The molecule has 0 aromatic carbocycles. The van der Waals surface area contributed by atoms with Crippen molar-refractivity contribution in [3.05, 3.63) is 0 Å². The summed E-state index contributed by atoms with van der Waals surface area (Å²) in [4.78, 5) is 0. The van der Waals surface area contributed by atoms with Gasteiger partial charge in [0.15, 0.2) is 0 Å². The molecule has 0 saturated heterocycles. The van der Waals surface area contributed by atoms with E-state index < -0.39 is 0 Å². The minimum atomic E-state index is -0.00458. The topological polar surface area (TPSA) is 21.3 Å². The molecule has 0 aliphatic heterocycles. The van der Waals surface area contributed by atoms with Crippen LogP contribution in [0.2, 0.25) is 0 Å². The molecule has 0 spiro atoms. The van der Waals surface area contributed by atoms with Gasteiger partial charge in [-0.15, -0.1) is 12.3 Å². The fraction of sp³-hybridized carbons (Fsp3) is 0.857. The van der Waals surface area contributed by atoms with E-state index in [-0.39, 0.29) is 5.60 Å². The molecule has 0 radical (unpaired) electrons. The van der Waals surface area contributed by atoms with Crippen LogP contribution in [-0.2, 0) is 4.74 Å². The van der Waals surface area contributed by atoms with Gasteiger partial charge in [-0.3, -0.25) is 0 Å². The van der Waals surface area contributed by atoms with E-state index in [1.165, 1.54) is 19.3 Å². The van der Waals surface area contributed by atoms with Gasteiger partial charge in [0.25, 0.3) is 0 Å². The molecule has 2 heteroatoms. The van der Waals surface area contributed by atoms with E-state index in [1.54, 1.807) is 0 Å². The van der Waals surface area contributed by atoms with Crippen molar-refractivity contribution in [2.24, 2.45) is 0 Å². The molecule has 1 N–H and O–H groups in total. The summed E-state index contributed by atoms with van der Waals surface area (Å²) in [5.74, 6) is 2.79. The van der Waals surface area contributed by atoms with Gasteiger partial charge in [0, 0.05) is 19.1 Å². The third-order valence-corrected chi connectivity index (χ3v) is 3.54. The zero-order valence-electron chi connectivity index (χ0n) is 10.7. The van der Waals surface area contributed by atoms with E-state index in [9.17, 15) is 0 Å². The maximum Gasteiger partial charge on any atom is 0.0843 e. The molecule has 2 nitrogen and oxygen atoms in total. The molecule has 0 aromatic heterocycles. The molecule has 0 bridgehead atoms. The summed E-state index contributed by atoms with van der Waals surface area (Å²) in [6.45, 7) is 5.95. The first-order valence-electron chi connectivity index (χ1n) is 6.60. The summed E-state index contributed by atoms with van der Waals surface area (Å²) in [5, 5.41) is 3.51. The van der Waals surface area contributed by atoms with Crippen molar-refractivity contribution < 1.29 is 4.74 Å². The van der Waals surface area contributed by atoms with Crippen LogP contribution in [0.25, 0.3) is 0 Å². The number of likely N-dealkylation sites (N-methyl/N-ethyl adjacent to an activating group) is 1. The minimum absolute atomic E-state index is 0.00458.